The van der Waals surface area contributed by atoms with Gasteiger partial charge < -0.3 is 4.90 Å². The molecule has 25 heavy (non-hydrogen) atoms. The third-order valence-corrected chi connectivity index (χ3v) is 4.13. The number of benzene rings is 3. The van der Waals surface area contributed by atoms with Crippen LogP contribution >= 0.6 is 0 Å². The van der Waals surface area contributed by atoms with Gasteiger partial charge in [-0.1, -0.05) is 78.9 Å². The highest BCUT2D eigenvalue weighted by atomic mass is 16.2. The first-order valence-corrected chi connectivity index (χ1v) is 8.39. The number of hydrogen-bond acceptors (Lipinski definition) is 1. The second-order valence-corrected chi connectivity index (χ2v) is 6.00. The van der Waals surface area contributed by atoms with Gasteiger partial charge in [0.05, 0.1) is 0 Å². The third-order valence-electron chi connectivity index (χ3n) is 4.13. The largest absolute Gasteiger partial charge is 0.324 e. The molecule has 0 N–H and O–H groups in total. The summed E-state index contributed by atoms with van der Waals surface area (Å²) in [5.74, 6) is 0. The van der Waals surface area contributed by atoms with E-state index in [2.05, 4.69) is 0 Å². The van der Waals surface area contributed by atoms with Crippen LogP contribution in [0.1, 0.15) is 11.1 Å². The van der Waals surface area contributed by atoms with Gasteiger partial charge in [-0.15, -0.1) is 0 Å². The van der Waals surface area contributed by atoms with Gasteiger partial charge >= 0.3 is 6.03 Å². The SMILES string of the molecule is CN(C(=O)N(Cc1ccccc1)Cc1ccccc1)c1ccccc1. The molecule has 0 atom stereocenters. The third kappa shape index (κ3) is 4.48. The van der Waals surface area contributed by atoms with E-state index in [1.807, 2.05) is 103 Å². The molecule has 0 saturated carbocycles. The van der Waals surface area contributed by atoms with E-state index in [9.17, 15) is 4.79 Å². The molecule has 0 saturated heterocycles. The van der Waals surface area contributed by atoms with E-state index in [4.69, 9.17) is 0 Å². The fraction of sp³-hybridized carbons (Fsp3) is 0.136. The molecule has 0 unspecified atom stereocenters. The summed E-state index contributed by atoms with van der Waals surface area (Å²) >= 11 is 0. The van der Waals surface area contributed by atoms with E-state index in [1.165, 1.54) is 0 Å². The Bertz CT molecular complexity index is 747. The van der Waals surface area contributed by atoms with Crippen molar-refractivity contribution in [2.75, 3.05) is 11.9 Å². The molecule has 0 bridgehead atoms. The Morgan fingerprint density at radius 1 is 0.680 bits per heavy atom. The minimum absolute atomic E-state index is 0.0149. The van der Waals surface area contributed by atoms with Crippen molar-refractivity contribution >= 4 is 11.7 Å². The predicted octanol–water partition coefficient (Wildman–Crippen LogP) is 4.95. The summed E-state index contributed by atoms with van der Waals surface area (Å²) in [5.41, 5.74) is 3.13. The van der Waals surface area contributed by atoms with Crippen molar-refractivity contribution in [1.82, 2.24) is 4.90 Å². The van der Waals surface area contributed by atoms with Gasteiger partial charge in [-0.2, -0.15) is 0 Å². The van der Waals surface area contributed by atoms with Crippen molar-refractivity contribution in [2.24, 2.45) is 0 Å². The second kappa shape index (κ2) is 8.15. The first-order chi connectivity index (χ1) is 12.2. The molecule has 0 aromatic heterocycles. The monoisotopic (exact) mass is 330 g/mol. The first-order valence-electron chi connectivity index (χ1n) is 8.39. The molecule has 3 aromatic carbocycles. The summed E-state index contributed by atoms with van der Waals surface area (Å²) < 4.78 is 0. The number of carbonyl (C=O) groups excluding carboxylic acids is 1. The maximum absolute atomic E-state index is 13.1. The number of para-hydroxylation sites is 1. The van der Waals surface area contributed by atoms with Crippen LogP contribution in [-0.4, -0.2) is 18.0 Å². The molecule has 3 aromatic rings. The highest BCUT2D eigenvalue weighted by molar-refractivity contribution is 5.91. The van der Waals surface area contributed by atoms with E-state index in [-0.39, 0.29) is 6.03 Å². The number of rotatable bonds is 5. The van der Waals surface area contributed by atoms with Crippen molar-refractivity contribution in [3.05, 3.63) is 102 Å². The topological polar surface area (TPSA) is 23.6 Å². The van der Waals surface area contributed by atoms with Gasteiger partial charge in [0, 0.05) is 25.8 Å². The average Bonchev–Trinajstić information content (AvgIpc) is 2.68. The lowest BCUT2D eigenvalue weighted by molar-refractivity contribution is 0.200. The van der Waals surface area contributed by atoms with E-state index in [1.54, 1.807) is 4.90 Å². The van der Waals surface area contributed by atoms with E-state index < -0.39 is 0 Å². The zero-order valence-electron chi connectivity index (χ0n) is 14.4. The normalized spacial score (nSPS) is 10.3. The average molecular weight is 330 g/mol. The van der Waals surface area contributed by atoms with Crippen LogP contribution in [0.5, 0.6) is 0 Å². The van der Waals surface area contributed by atoms with Crippen LogP contribution < -0.4 is 4.90 Å². The van der Waals surface area contributed by atoms with Gasteiger partial charge in [-0.3, -0.25) is 4.90 Å². The quantitative estimate of drug-likeness (QED) is 0.649. The Balaban J connectivity index is 1.83. The number of anilines is 1. The first kappa shape index (κ1) is 16.8. The number of carbonyl (C=O) groups is 1. The maximum Gasteiger partial charge on any atom is 0.324 e. The van der Waals surface area contributed by atoms with Crippen LogP contribution in [0.25, 0.3) is 0 Å². The standard InChI is InChI=1S/C22H22N2O/c1-23(21-15-9-4-10-16-21)22(25)24(17-19-11-5-2-6-12-19)18-20-13-7-3-8-14-20/h2-16H,17-18H2,1H3. The van der Waals surface area contributed by atoms with Crippen LogP contribution in [0.15, 0.2) is 91.0 Å². The molecule has 0 radical (unpaired) electrons. The summed E-state index contributed by atoms with van der Waals surface area (Å²) in [6.45, 7) is 1.15. The number of urea groups is 1. The number of nitrogens with zero attached hydrogens (tertiary/aromatic N) is 2. The molecule has 3 rings (SSSR count). The fourth-order valence-electron chi connectivity index (χ4n) is 2.77. The van der Waals surface area contributed by atoms with Crippen molar-refractivity contribution in [1.29, 1.82) is 0 Å². The van der Waals surface area contributed by atoms with Crippen molar-refractivity contribution in [3.8, 4) is 0 Å². The molecule has 126 valence electrons. The lowest BCUT2D eigenvalue weighted by Gasteiger charge is -2.28. The summed E-state index contributed by atoms with van der Waals surface area (Å²) in [4.78, 5) is 16.7. The molecule has 0 aliphatic heterocycles. The molecule has 3 nitrogen and oxygen atoms in total. The number of hydrogen-bond donors (Lipinski definition) is 0. The van der Waals surface area contributed by atoms with Crippen LogP contribution in [0.2, 0.25) is 0 Å². The van der Waals surface area contributed by atoms with Crippen LogP contribution in [0, 0.1) is 0 Å². The summed E-state index contributed by atoms with van der Waals surface area (Å²) in [6, 6.07) is 29.9. The minimum Gasteiger partial charge on any atom is -0.316 e. The Morgan fingerprint density at radius 2 is 1.08 bits per heavy atom. The molecule has 0 aliphatic carbocycles. The maximum atomic E-state index is 13.1. The van der Waals surface area contributed by atoms with Crippen molar-refractivity contribution in [3.63, 3.8) is 0 Å². The molecule has 2 amide bonds. The number of amides is 2. The molecular weight excluding hydrogens is 308 g/mol. The Kier molecular flexibility index (Phi) is 5.47. The van der Waals surface area contributed by atoms with Crippen molar-refractivity contribution < 1.29 is 4.79 Å². The second-order valence-electron chi connectivity index (χ2n) is 6.00. The zero-order chi connectivity index (χ0) is 17.5. The van der Waals surface area contributed by atoms with Gasteiger partial charge in [-0.25, -0.2) is 4.79 Å². The van der Waals surface area contributed by atoms with Crippen LogP contribution in [0.4, 0.5) is 10.5 Å². The van der Waals surface area contributed by atoms with Crippen LogP contribution in [0.3, 0.4) is 0 Å². The fourth-order valence-corrected chi connectivity index (χ4v) is 2.77. The Labute approximate surface area is 149 Å². The smallest absolute Gasteiger partial charge is 0.316 e. The van der Waals surface area contributed by atoms with Gasteiger partial charge in [-0.05, 0) is 23.3 Å². The highest BCUT2D eigenvalue weighted by Crippen LogP contribution is 2.17. The Morgan fingerprint density at radius 3 is 1.52 bits per heavy atom. The molecule has 0 fully saturated rings. The molecule has 3 heteroatoms. The molecule has 0 heterocycles. The molecule has 0 spiro atoms. The molecular formula is C22H22N2O. The van der Waals surface area contributed by atoms with Gasteiger partial charge in [0.15, 0.2) is 0 Å². The van der Waals surface area contributed by atoms with Gasteiger partial charge in [0.2, 0.25) is 0 Å². The van der Waals surface area contributed by atoms with Crippen molar-refractivity contribution in [2.45, 2.75) is 13.1 Å². The lowest BCUT2D eigenvalue weighted by atomic mass is 10.1. The summed E-state index contributed by atoms with van der Waals surface area (Å²) in [6.07, 6.45) is 0. The van der Waals surface area contributed by atoms with Gasteiger partial charge in [0.1, 0.15) is 0 Å². The van der Waals surface area contributed by atoms with Crippen LogP contribution in [-0.2, 0) is 13.1 Å². The highest BCUT2D eigenvalue weighted by Gasteiger charge is 2.19. The lowest BCUT2D eigenvalue weighted by Crippen LogP contribution is -2.40. The molecule has 0 aliphatic rings. The van der Waals surface area contributed by atoms with E-state index in [0.717, 1.165) is 16.8 Å². The summed E-state index contributed by atoms with van der Waals surface area (Å²) in [5, 5.41) is 0. The van der Waals surface area contributed by atoms with Gasteiger partial charge in [0.25, 0.3) is 0 Å². The van der Waals surface area contributed by atoms with E-state index in [0.29, 0.717) is 13.1 Å². The zero-order valence-corrected chi connectivity index (χ0v) is 14.4. The minimum atomic E-state index is -0.0149. The summed E-state index contributed by atoms with van der Waals surface area (Å²) in [7, 11) is 1.82. The van der Waals surface area contributed by atoms with E-state index >= 15 is 0 Å². The predicted molar refractivity (Wildman–Crippen MR) is 102 cm³/mol. The Hall–Kier alpha value is -3.07.